The second-order valence-corrected chi connectivity index (χ2v) is 5.41. The number of amides is 1. The van der Waals surface area contributed by atoms with E-state index >= 15 is 0 Å². The zero-order valence-electron chi connectivity index (χ0n) is 11.7. The Kier molecular flexibility index (Phi) is 6.05. The fourth-order valence-corrected chi connectivity index (χ4v) is 2.25. The molecule has 18 heavy (non-hydrogen) atoms. The highest BCUT2D eigenvalue weighted by Crippen LogP contribution is 2.14. The van der Waals surface area contributed by atoms with E-state index in [4.69, 9.17) is 16.2 Å². The van der Waals surface area contributed by atoms with Crippen molar-refractivity contribution in [2.45, 2.75) is 51.2 Å². The fourth-order valence-electron chi connectivity index (χ4n) is 2.25. The first kappa shape index (κ1) is 15.4. The van der Waals surface area contributed by atoms with Crippen LogP contribution < -0.4 is 11.5 Å². The summed E-state index contributed by atoms with van der Waals surface area (Å²) in [6.45, 7) is 7.66. The maximum atomic E-state index is 11.1. The van der Waals surface area contributed by atoms with Gasteiger partial charge >= 0.3 is 0 Å². The molecular weight excluding hydrogens is 230 g/mol. The molecule has 5 nitrogen and oxygen atoms in total. The molecule has 1 fully saturated rings. The van der Waals surface area contributed by atoms with Crippen molar-refractivity contribution in [1.82, 2.24) is 4.90 Å². The Morgan fingerprint density at radius 3 is 2.78 bits per heavy atom. The molecule has 2 unspecified atom stereocenters. The summed E-state index contributed by atoms with van der Waals surface area (Å²) in [5, 5.41) is 0. The topological polar surface area (TPSA) is 81.6 Å². The molecule has 106 valence electrons. The third kappa shape index (κ3) is 4.92. The van der Waals surface area contributed by atoms with E-state index in [9.17, 15) is 4.79 Å². The lowest BCUT2D eigenvalue weighted by atomic mass is 9.96. The monoisotopic (exact) mass is 257 g/mol. The SMILES string of the molecule is CCN(CCCC(C)(N)C(N)=O)CC1CCCO1. The number of hydrogen-bond donors (Lipinski definition) is 2. The second-order valence-electron chi connectivity index (χ2n) is 5.41. The summed E-state index contributed by atoms with van der Waals surface area (Å²) < 4.78 is 5.63. The molecule has 1 aliphatic rings. The largest absolute Gasteiger partial charge is 0.377 e. The molecule has 0 radical (unpaired) electrons. The van der Waals surface area contributed by atoms with Crippen LogP contribution in [0.4, 0.5) is 0 Å². The lowest BCUT2D eigenvalue weighted by Gasteiger charge is -2.26. The second kappa shape index (κ2) is 7.07. The number of nitrogens with zero attached hydrogens (tertiary/aromatic N) is 1. The quantitative estimate of drug-likeness (QED) is 0.662. The first-order valence-electron chi connectivity index (χ1n) is 6.88. The molecule has 4 N–H and O–H groups in total. The van der Waals surface area contributed by atoms with Crippen molar-refractivity contribution in [2.24, 2.45) is 11.5 Å². The van der Waals surface area contributed by atoms with Gasteiger partial charge in [-0.3, -0.25) is 4.79 Å². The highest BCUT2D eigenvalue weighted by atomic mass is 16.5. The molecule has 0 spiro atoms. The number of nitrogens with two attached hydrogens (primary N) is 2. The van der Waals surface area contributed by atoms with E-state index in [2.05, 4.69) is 11.8 Å². The average Bonchev–Trinajstić information content (AvgIpc) is 2.80. The van der Waals surface area contributed by atoms with Gasteiger partial charge in [0.2, 0.25) is 5.91 Å². The summed E-state index contributed by atoms with van der Waals surface area (Å²) in [5.41, 5.74) is 10.2. The third-order valence-corrected chi connectivity index (χ3v) is 3.67. The smallest absolute Gasteiger partial charge is 0.237 e. The lowest BCUT2D eigenvalue weighted by molar-refractivity contribution is -0.122. The Hall–Kier alpha value is -0.650. The van der Waals surface area contributed by atoms with Crippen molar-refractivity contribution in [2.75, 3.05) is 26.2 Å². The normalized spacial score (nSPS) is 23.2. The van der Waals surface area contributed by atoms with E-state index in [0.717, 1.165) is 39.1 Å². The van der Waals surface area contributed by atoms with Gasteiger partial charge in [-0.15, -0.1) is 0 Å². The Balaban J connectivity index is 2.24. The molecule has 0 aromatic carbocycles. The molecule has 1 heterocycles. The van der Waals surface area contributed by atoms with Crippen LogP contribution in [0.2, 0.25) is 0 Å². The fraction of sp³-hybridized carbons (Fsp3) is 0.923. The molecular formula is C13H27N3O2. The first-order chi connectivity index (χ1) is 8.45. The number of hydrogen-bond acceptors (Lipinski definition) is 4. The average molecular weight is 257 g/mol. The summed E-state index contributed by atoms with van der Waals surface area (Å²) in [5.74, 6) is -0.426. The number of primary amides is 1. The van der Waals surface area contributed by atoms with Crippen molar-refractivity contribution in [3.63, 3.8) is 0 Å². The summed E-state index contributed by atoms with van der Waals surface area (Å²) in [6, 6.07) is 0. The van der Waals surface area contributed by atoms with Crippen LogP contribution in [0.1, 0.15) is 39.5 Å². The van der Waals surface area contributed by atoms with Gasteiger partial charge in [-0.05, 0) is 45.7 Å². The van der Waals surface area contributed by atoms with Crippen molar-refractivity contribution in [3.8, 4) is 0 Å². The minimum Gasteiger partial charge on any atom is -0.377 e. The molecule has 0 bridgehead atoms. The highest BCUT2D eigenvalue weighted by molar-refractivity contribution is 5.83. The highest BCUT2D eigenvalue weighted by Gasteiger charge is 2.25. The summed E-state index contributed by atoms with van der Waals surface area (Å²) in [6.07, 6.45) is 4.23. The van der Waals surface area contributed by atoms with E-state index in [1.165, 1.54) is 6.42 Å². The molecule has 1 rings (SSSR count). The number of carbonyl (C=O) groups excluding carboxylic acids is 1. The Morgan fingerprint density at radius 1 is 1.56 bits per heavy atom. The molecule has 2 atom stereocenters. The van der Waals surface area contributed by atoms with Crippen LogP contribution >= 0.6 is 0 Å². The van der Waals surface area contributed by atoms with Gasteiger partial charge in [0, 0.05) is 13.2 Å². The Labute approximate surface area is 110 Å². The molecule has 1 saturated heterocycles. The molecule has 0 aromatic heterocycles. The minimum absolute atomic E-state index is 0.380. The van der Waals surface area contributed by atoms with Gasteiger partial charge in [0.25, 0.3) is 0 Å². The molecule has 0 aliphatic carbocycles. The summed E-state index contributed by atoms with van der Waals surface area (Å²) >= 11 is 0. The van der Waals surface area contributed by atoms with Gasteiger partial charge in [-0.2, -0.15) is 0 Å². The van der Waals surface area contributed by atoms with E-state index in [1.807, 2.05) is 0 Å². The van der Waals surface area contributed by atoms with E-state index in [0.29, 0.717) is 12.5 Å². The van der Waals surface area contributed by atoms with Crippen LogP contribution in [-0.4, -0.2) is 48.7 Å². The predicted octanol–water partition coefficient (Wildman–Crippen LogP) is 0.470. The number of carbonyl (C=O) groups is 1. The summed E-state index contributed by atoms with van der Waals surface area (Å²) in [7, 11) is 0. The number of rotatable bonds is 8. The zero-order valence-corrected chi connectivity index (χ0v) is 11.7. The first-order valence-corrected chi connectivity index (χ1v) is 6.88. The molecule has 0 saturated carbocycles. The van der Waals surface area contributed by atoms with E-state index < -0.39 is 11.4 Å². The molecule has 1 aliphatic heterocycles. The number of likely N-dealkylation sites (N-methyl/N-ethyl adjacent to an activating group) is 1. The molecule has 0 aromatic rings. The minimum atomic E-state index is -0.886. The number of ether oxygens (including phenoxy) is 1. The van der Waals surface area contributed by atoms with Crippen LogP contribution in [0.15, 0.2) is 0 Å². The molecule has 1 amide bonds. The third-order valence-electron chi connectivity index (χ3n) is 3.67. The van der Waals surface area contributed by atoms with Gasteiger partial charge in [-0.1, -0.05) is 6.92 Å². The van der Waals surface area contributed by atoms with Gasteiger partial charge in [-0.25, -0.2) is 0 Å². The van der Waals surface area contributed by atoms with Crippen LogP contribution in [-0.2, 0) is 9.53 Å². The van der Waals surface area contributed by atoms with E-state index in [-0.39, 0.29) is 0 Å². The van der Waals surface area contributed by atoms with Crippen molar-refractivity contribution in [3.05, 3.63) is 0 Å². The Bertz CT molecular complexity index is 263. The maximum Gasteiger partial charge on any atom is 0.237 e. The van der Waals surface area contributed by atoms with Crippen molar-refractivity contribution in [1.29, 1.82) is 0 Å². The van der Waals surface area contributed by atoms with Crippen molar-refractivity contribution < 1.29 is 9.53 Å². The summed E-state index contributed by atoms with van der Waals surface area (Å²) in [4.78, 5) is 13.5. The van der Waals surface area contributed by atoms with Crippen LogP contribution in [0.3, 0.4) is 0 Å². The maximum absolute atomic E-state index is 11.1. The van der Waals surface area contributed by atoms with E-state index in [1.54, 1.807) is 6.92 Å². The van der Waals surface area contributed by atoms with Gasteiger partial charge in [0.05, 0.1) is 11.6 Å². The Morgan fingerprint density at radius 2 is 2.28 bits per heavy atom. The lowest BCUT2D eigenvalue weighted by Crippen LogP contribution is -2.49. The standard InChI is InChI=1S/C13H27N3O2/c1-3-16(10-11-6-4-9-18-11)8-5-7-13(2,15)12(14)17/h11H,3-10,15H2,1-2H3,(H2,14,17). The van der Waals surface area contributed by atoms with Gasteiger partial charge in [0.1, 0.15) is 0 Å². The van der Waals surface area contributed by atoms with Crippen molar-refractivity contribution >= 4 is 5.91 Å². The predicted molar refractivity (Wildman–Crippen MR) is 72.1 cm³/mol. The van der Waals surface area contributed by atoms with Gasteiger partial charge in [0.15, 0.2) is 0 Å². The molecule has 5 heteroatoms. The van der Waals surface area contributed by atoms with Crippen LogP contribution in [0, 0.1) is 0 Å². The van der Waals surface area contributed by atoms with Crippen LogP contribution in [0.5, 0.6) is 0 Å². The van der Waals surface area contributed by atoms with Gasteiger partial charge < -0.3 is 21.1 Å². The van der Waals surface area contributed by atoms with Crippen LogP contribution in [0.25, 0.3) is 0 Å². The zero-order chi connectivity index (χ0) is 13.6.